The van der Waals surface area contributed by atoms with Crippen molar-refractivity contribution in [3.8, 4) is 0 Å². The van der Waals surface area contributed by atoms with Crippen molar-refractivity contribution in [1.29, 1.82) is 0 Å². The molecule has 1 aromatic carbocycles. The van der Waals surface area contributed by atoms with Gasteiger partial charge in [0.1, 0.15) is 0 Å². The summed E-state index contributed by atoms with van der Waals surface area (Å²) < 4.78 is 0. The van der Waals surface area contributed by atoms with Crippen LogP contribution in [-0.2, 0) is 6.61 Å². The van der Waals surface area contributed by atoms with Crippen LogP contribution in [0.3, 0.4) is 0 Å². The van der Waals surface area contributed by atoms with E-state index in [-0.39, 0.29) is 12.5 Å². The van der Waals surface area contributed by atoms with Gasteiger partial charge in [-0.1, -0.05) is 18.2 Å². The minimum atomic E-state index is -0.135. The van der Waals surface area contributed by atoms with Crippen LogP contribution in [0.15, 0.2) is 35.0 Å². The van der Waals surface area contributed by atoms with E-state index in [1.165, 1.54) is 11.3 Å². The van der Waals surface area contributed by atoms with Gasteiger partial charge in [0.2, 0.25) is 0 Å². The average Bonchev–Trinajstić information content (AvgIpc) is 2.76. The average molecular weight is 247 g/mol. The van der Waals surface area contributed by atoms with Crippen molar-refractivity contribution in [1.82, 2.24) is 0 Å². The van der Waals surface area contributed by atoms with E-state index in [0.29, 0.717) is 16.8 Å². The van der Waals surface area contributed by atoms with Gasteiger partial charge in [-0.3, -0.25) is 4.79 Å². The summed E-state index contributed by atoms with van der Waals surface area (Å²) in [4.78, 5) is 12.0. The first-order valence-electron chi connectivity index (χ1n) is 5.25. The Morgan fingerprint density at radius 1 is 1.35 bits per heavy atom. The summed E-state index contributed by atoms with van der Waals surface area (Å²) in [5.41, 5.74) is 3.02. The van der Waals surface area contributed by atoms with Gasteiger partial charge >= 0.3 is 0 Å². The number of anilines is 1. The van der Waals surface area contributed by atoms with Crippen LogP contribution in [0.1, 0.15) is 21.5 Å². The number of nitrogens with one attached hydrogen (secondary N) is 1. The molecular weight excluding hydrogens is 234 g/mol. The molecule has 1 aromatic heterocycles. The van der Waals surface area contributed by atoms with Crippen LogP contribution in [0.5, 0.6) is 0 Å². The summed E-state index contributed by atoms with van der Waals surface area (Å²) in [6.45, 7) is 1.82. The Hall–Kier alpha value is -1.65. The third-order valence-corrected chi connectivity index (χ3v) is 3.40. The molecule has 88 valence electrons. The first-order chi connectivity index (χ1) is 8.22. The fourth-order valence-corrected chi connectivity index (χ4v) is 2.39. The number of amides is 1. The van der Waals surface area contributed by atoms with Gasteiger partial charge in [0, 0.05) is 16.6 Å². The van der Waals surface area contributed by atoms with Gasteiger partial charge in [-0.05, 0) is 23.9 Å². The topological polar surface area (TPSA) is 49.3 Å². The SMILES string of the molecule is Cc1cscc1C(=O)Nc1ccccc1CO. The zero-order chi connectivity index (χ0) is 12.3. The minimum Gasteiger partial charge on any atom is -0.392 e. The molecule has 0 aliphatic carbocycles. The molecule has 0 radical (unpaired) electrons. The van der Waals surface area contributed by atoms with Crippen LogP contribution in [-0.4, -0.2) is 11.0 Å². The number of rotatable bonds is 3. The zero-order valence-electron chi connectivity index (χ0n) is 9.43. The molecule has 17 heavy (non-hydrogen) atoms. The fraction of sp³-hybridized carbons (Fsp3) is 0.154. The summed E-state index contributed by atoms with van der Waals surface area (Å²) in [5, 5.41) is 15.7. The van der Waals surface area contributed by atoms with Crippen molar-refractivity contribution in [2.24, 2.45) is 0 Å². The molecule has 0 saturated heterocycles. The molecule has 0 spiro atoms. The Labute approximate surface area is 104 Å². The number of hydrogen-bond acceptors (Lipinski definition) is 3. The third kappa shape index (κ3) is 2.54. The number of thiophene rings is 1. The van der Waals surface area contributed by atoms with Crippen LogP contribution >= 0.6 is 11.3 Å². The Morgan fingerprint density at radius 2 is 2.12 bits per heavy atom. The number of carbonyl (C=O) groups is 1. The summed E-state index contributed by atoms with van der Waals surface area (Å²) in [6, 6.07) is 7.23. The second-order valence-corrected chi connectivity index (χ2v) is 4.48. The fourth-order valence-electron chi connectivity index (χ4n) is 1.56. The van der Waals surface area contributed by atoms with E-state index in [9.17, 15) is 4.79 Å². The predicted molar refractivity (Wildman–Crippen MR) is 69.4 cm³/mol. The van der Waals surface area contributed by atoms with E-state index in [0.717, 1.165) is 5.56 Å². The van der Waals surface area contributed by atoms with Crippen LogP contribution in [0.2, 0.25) is 0 Å². The molecule has 1 amide bonds. The highest BCUT2D eigenvalue weighted by molar-refractivity contribution is 7.08. The van der Waals surface area contributed by atoms with E-state index in [2.05, 4.69) is 5.32 Å². The zero-order valence-corrected chi connectivity index (χ0v) is 10.3. The Kier molecular flexibility index (Phi) is 3.56. The summed E-state index contributed by atoms with van der Waals surface area (Å²) in [6.07, 6.45) is 0. The van der Waals surface area contributed by atoms with Gasteiger partial charge < -0.3 is 10.4 Å². The van der Waals surface area contributed by atoms with E-state index in [4.69, 9.17) is 5.11 Å². The molecule has 0 bridgehead atoms. The predicted octanol–water partition coefficient (Wildman–Crippen LogP) is 2.80. The maximum Gasteiger partial charge on any atom is 0.256 e. The van der Waals surface area contributed by atoms with Crippen molar-refractivity contribution in [2.75, 3.05) is 5.32 Å². The Morgan fingerprint density at radius 3 is 2.76 bits per heavy atom. The smallest absolute Gasteiger partial charge is 0.256 e. The third-order valence-electron chi connectivity index (χ3n) is 2.54. The lowest BCUT2D eigenvalue weighted by Gasteiger charge is -2.08. The van der Waals surface area contributed by atoms with Crippen molar-refractivity contribution in [3.05, 3.63) is 51.7 Å². The van der Waals surface area contributed by atoms with Gasteiger partial charge in [0.15, 0.2) is 0 Å². The van der Waals surface area contributed by atoms with E-state index < -0.39 is 0 Å². The lowest BCUT2D eigenvalue weighted by Crippen LogP contribution is -2.13. The standard InChI is InChI=1S/C13H13NO2S/c1-9-7-17-8-11(9)13(16)14-12-5-3-2-4-10(12)6-15/h2-5,7-8,15H,6H2,1H3,(H,14,16). The highest BCUT2D eigenvalue weighted by atomic mass is 32.1. The van der Waals surface area contributed by atoms with Crippen LogP contribution < -0.4 is 5.32 Å². The number of aliphatic hydroxyl groups excluding tert-OH is 1. The van der Waals surface area contributed by atoms with Crippen LogP contribution in [0, 0.1) is 6.92 Å². The maximum atomic E-state index is 12.0. The second-order valence-electron chi connectivity index (χ2n) is 3.74. The van der Waals surface area contributed by atoms with Crippen molar-refractivity contribution in [2.45, 2.75) is 13.5 Å². The molecule has 0 atom stereocenters. The van der Waals surface area contributed by atoms with Gasteiger partial charge in [-0.15, -0.1) is 0 Å². The monoisotopic (exact) mass is 247 g/mol. The lowest BCUT2D eigenvalue weighted by molar-refractivity contribution is 0.102. The Bertz CT molecular complexity index is 534. The van der Waals surface area contributed by atoms with E-state index in [1.54, 1.807) is 12.1 Å². The van der Waals surface area contributed by atoms with Gasteiger partial charge in [0.25, 0.3) is 5.91 Å². The second kappa shape index (κ2) is 5.12. The van der Waals surface area contributed by atoms with E-state index >= 15 is 0 Å². The van der Waals surface area contributed by atoms with Crippen LogP contribution in [0.4, 0.5) is 5.69 Å². The number of benzene rings is 1. The van der Waals surface area contributed by atoms with Gasteiger partial charge in [-0.2, -0.15) is 11.3 Å². The molecule has 0 fully saturated rings. The number of carbonyl (C=O) groups excluding carboxylic acids is 1. The molecule has 2 rings (SSSR count). The van der Waals surface area contributed by atoms with Crippen LogP contribution in [0.25, 0.3) is 0 Å². The molecular formula is C13H13NO2S. The van der Waals surface area contributed by atoms with Crippen molar-refractivity contribution >= 4 is 22.9 Å². The van der Waals surface area contributed by atoms with E-state index in [1.807, 2.05) is 29.8 Å². The normalized spacial score (nSPS) is 10.2. The van der Waals surface area contributed by atoms with Gasteiger partial charge in [0.05, 0.1) is 12.2 Å². The molecule has 0 saturated carbocycles. The molecule has 3 nitrogen and oxygen atoms in total. The molecule has 2 N–H and O–H groups in total. The summed E-state index contributed by atoms with van der Waals surface area (Å²) in [5.74, 6) is -0.135. The lowest BCUT2D eigenvalue weighted by atomic mass is 10.1. The first kappa shape index (κ1) is 11.8. The molecule has 4 heteroatoms. The number of hydrogen-bond donors (Lipinski definition) is 2. The number of para-hydroxylation sites is 1. The molecule has 1 heterocycles. The quantitative estimate of drug-likeness (QED) is 0.876. The summed E-state index contributed by atoms with van der Waals surface area (Å²) >= 11 is 1.50. The molecule has 0 unspecified atom stereocenters. The van der Waals surface area contributed by atoms with Crippen molar-refractivity contribution < 1.29 is 9.90 Å². The maximum absolute atomic E-state index is 12.0. The first-order valence-corrected chi connectivity index (χ1v) is 6.19. The largest absolute Gasteiger partial charge is 0.392 e. The summed E-state index contributed by atoms with van der Waals surface area (Å²) in [7, 11) is 0. The molecule has 2 aromatic rings. The minimum absolute atomic E-state index is 0.0843. The highest BCUT2D eigenvalue weighted by Gasteiger charge is 2.11. The highest BCUT2D eigenvalue weighted by Crippen LogP contribution is 2.19. The van der Waals surface area contributed by atoms with Gasteiger partial charge in [-0.25, -0.2) is 0 Å². The Balaban J connectivity index is 2.22. The number of aryl methyl sites for hydroxylation is 1. The van der Waals surface area contributed by atoms with Crippen molar-refractivity contribution in [3.63, 3.8) is 0 Å². The number of aliphatic hydroxyl groups is 1. The molecule has 0 aliphatic heterocycles. The molecule has 0 aliphatic rings.